The Morgan fingerprint density at radius 1 is 1.21 bits per heavy atom. The molecule has 1 N–H and O–H groups in total. The number of fused-ring (bicyclic) bond motifs is 1. The minimum absolute atomic E-state index is 0.0101. The fraction of sp³-hybridized carbons (Fsp3) is 0.111. The molecule has 0 bridgehead atoms. The Bertz CT molecular complexity index is 845. The van der Waals surface area contributed by atoms with Crippen molar-refractivity contribution in [2.24, 2.45) is 0 Å². The minimum atomic E-state index is -0.613. The molecular formula is C18H14FNO4. The lowest BCUT2D eigenvalue weighted by molar-refractivity contribution is -0.132. The van der Waals surface area contributed by atoms with Crippen LogP contribution in [0.25, 0.3) is 12.2 Å². The zero-order valence-electron chi connectivity index (χ0n) is 12.8. The van der Waals surface area contributed by atoms with Crippen LogP contribution in [0.15, 0.2) is 36.4 Å². The van der Waals surface area contributed by atoms with Gasteiger partial charge in [-0.1, -0.05) is 24.3 Å². The average molecular weight is 327 g/mol. The molecule has 1 amide bonds. The molecule has 0 saturated carbocycles. The van der Waals surface area contributed by atoms with E-state index in [1.165, 1.54) is 19.1 Å². The topological polar surface area (TPSA) is 64.6 Å². The number of ether oxygens (including phenoxy) is 2. The molecule has 1 heterocycles. The Labute approximate surface area is 137 Å². The van der Waals surface area contributed by atoms with Crippen LogP contribution in [0, 0.1) is 5.82 Å². The third-order valence-corrected chi connectivity index (χ3v) is 3.31. The largest absolute Gasteiger partial charge is 0.482 e. The number of esters is 1. The van der Waals surface area contributed by atoms with E-state index in [0.717, 1.165) is 5.56 Å². The van der Waals surface area contributed by atoms with Gasteiger partial charge >= 0.3 is 5.97 Å². The van der Waals surface area contributed by atoms with Gasteiger partial charge in [-0.25, -0.2) is 4.39 Å². The SMILES string of the molecule is CC(=O)Oc1ccc(/C=C/c2ccc3c(c2)NC(=O)CO3)cc1F. The number of nitrogens with one attached hydrogen (secondary N) is 1. The zero-order chi connectivity index (χ0) is 17.1. The molecule has 0 fully saturated rings. The fourth-order valence-corrected chi connectivity index (χ4v) is 2.26. The summed E-state index contributed by atoms with van der Waals surface area (Å²) in [6, 6.07) is 9.68. The van der Waals surface area contributed by atoms with E-state index in [0.29, 0.717) is 17.0 Å². The molecule has 24 heavy (non-hydrogen) atoms. The highest BCUT2D eigenvalue weighted by Gasteiger charge is 2.15. The third kappa shape index (κ3) is 3.60. The van der Waals surface area contributed by atoms with Crippen LogP contribution < -0.4 is 14.8 Å². The highest BCUT2D eigenvalue weighted by molar-refractivity contribution is 5.95. The number of hydrogen-bond acceptors (Lipinski definition) is 4. The van der Waals surface area contributed by atoms with E-state index in [4.69, 9.17) is 9.47 Å². The Morgan fingerprint density at radius 3 is 2.62 bits per heavy atom. The average Bonchev–Trinajstić information content (AvgIpc) is 2.54. The molecule has 0 atom stereocenters. The Morgan fingerprint density at radius 2 is 1.92 bits per heavy atom. The summed E-state index contributed by atoms with van der Waals surface area (Å²) in [5, 5.41) is 2.73. The van der Waals surface area contributed by atoms with Crippen LogP contribution in [0.4, 0.5) is 10.1 Å². The first-order valence-electron chi connectivity index (χ1n) is 7.24. The van der Waals surface area contributed by atoms with Crippen molar-refractivity contribution in [2.75, 3.05) is 11.9 Å². The van der Waals surface area contributed by atoms with Crippen LogP contribution in [-0.2, 0) is 9.59 Å². The lowest BCUT2D eigenvalue weighted by Crippen LogP contribution is -2.25. The van der Waals surface area contributed by atoms with Gasteiger partial charge in [-0.2, -0.15) is 0 Å². The maximum Gasteiger partial charge on any atom is 0.308 e. The molecule has 5 nitrogen and oxygen atoms in total. The lowest BCUT2D eigenvalue weighted by Gasteiger charge is -2.17. The summed E-state index contributed by atoms with van der Waals surface area (Å²) in [4.78, 5) is 22.2. The van der Waals surface area contributed by atoms with Crippen molar-refractivity contribution < 1.29 is 23.5 Å². The van der Waals surface area contributed by atoms with Crippen molar-refractivity contribution >= 4 is 29.7 Å². The number of hydrogen-bond donors (Lipinski definition) is 1. The van der Waals surface area contributed by atoms with Crippen molar-refractivity contribution in [3.63, 3.8) is 0 Å². The molecule has 1 aliphatic heterocycles. The van der Waals surface area contributed by atoms with Crippen LogP contribution >= 0.6 is 0 Å². The second kappa shape index (κ2) is 6.54. The van der Waals surface area contributed by atoms with Gasteiger partial charge in [0, 0.05) is 6.92 Å². The van der Waals surface area contributed by atoms with Gasteiger partial charge in [0.2, 0.25) is 0 Å². The molecule has 2 aromatic rings. The first-order valence-corrected chi connectivity index (χ1v) is 7.24. The predicted octanol–water partition coefficient (Wildman–Crippen LogP) is 3.25. The first-order chi connectivity index (χ1) is 11.5. The summed E-state index contributed by atoms with van der Waals surface area (Å²) >= 11 is 0. The van der Waals surface area contributed by atoms with Gasteiger partial charge in [-0.15, -0.1) is 0 Å². The van der Waals surface area contributed by atoms with Crippen molar-refractivity contribution in [1.29, 1.82) is 0 Å². The maximum absolute atomic E-state index is 13.8. The summed E-state index contributed by atoms with van der Waals surface area (Å²) in [5.41, 5.74) is 2.04. The fourth-order valence-electron chi connectivity index (χ4n) is 2.26. The molecule has 0 spiro atoms. The van der Waals surface area contributed by atoms with E-state index >= 15 is 0 Å². The lowest BCUT2D eigenvalue weighted by atomic mass is 10.1. The molecular weight excluding hydrogens is 313 g/mol. The standard InChI is InChI=1S/C18H14FNO4/c1-11(21)24-16-6-4-12(8-14(16)19)2-3-13-5-7-17-15(9-13)20-18(22)10-23-17/h2-9H,10H2,1H3,(H,20,22)/b3-2+. The smallest absolute Gasteiger partial charge is 0.308 e. The Balaban J connectivity index is 1.78. The van der Waals surface area contributed by atoms with Crippen LogP contribution in [0.1, 0.15) is 18.1 Å². The summed E-state index contributed by atoms with van der Waals surface area (Å²) in [5.74, 6) is -0.877. The summed E-state index contributed by atoms with van der Waals surface area (Å²) in [6.07, 6.45) is 3.50. The van der Waals surface area contributed by atoms with E-state index in [9.17, 15) is 14.0 Å². The second-order valence-corrected chi connectivity index (χ2v) is 5.21. The van der Waals surface area contributed by atoms with Gasteiger partial charge in [-0.05, 0) is 35.4 Å². The molecule has 2 aromatic carbocycles. The van der Waals surface area contributed by atoms with Gasteiger partial charge < -0.3 is 14.8 Å². The highest BCUT2D eigenvalue weighted by atomic mass is 19.1. The van der Waals surface area contributed by atoms with E-state index in [-0.39, 0.29) is 18.3 Å². The molecule has 122 valence electrons. The predicted molar refractivity (Wildman–Crippen MR) is 87.2 cm³/mol. The molecule has 0 unspecified atom stereocenters. The van der Waals surface area contributed by atoms with Gasteiger partial charge in [0.15, 0.2) is 18.2 Å². The van der Waals surface area contributed by atoms with Crippen molar-refractivity contribution in [2.45, 2.75) is 6.92 Å². The van der Waals surface area contributed by atoms with Crippen LogP contribution in [0.3, 0.4) is 0 Å². The van der Waals surface area contributed by atoms with Crippen LogP contribution in [0.5, 0.6) is 11.5 Å². The van der Waals surface area contributed by atoms with Gasteiger partial charge in [0.1, 0.15) is 5.75 Å². The van der Waals surface area contributed by atoms with E-state index in [2.05, 4.69) is 5.32 Å². The number of anilines is 1. The summed E-state index contributed by atoms with van der Waals surface area (Å²) in [6.45, 7) is 1.22. The normalized spacial score (nSPS) is 13.2. The first kappa shape index (κ1) is 15.7. The van der Waals surface area contributed by atoms with E-state index < -0.39 is 11.8 Å². The third-order valence-electron chi connectivity index (χ3n) is 3.31. The molecule has 0 aromatic heterocycles. The Kier molecular flexibility index (Phi) is 4.29. The van der Waals surface area contributed by atoms with Gasteiger partial charge in [-0.3, -0.25) is 9.59 Å². The molecule has 3 rings (SSSR count). The molecule has 0 saturated heterocycles. The van der Waals surface area contributed by atoms with Crippen molar-refractivity contribution in [3.8, 4) is 11.5 Å². The van der Waals surface area contributed by atoms with Gasteiger partial charge in [0.25, 0.3) is 5.91 Å². The maximum atomic E-state index is 13.8. The number of carbonyl (C=O) groups excluding carboxylic acids is 2. The van der Waals surface area contributed by atoms with E-state index in [1.807, 2.05) is 6.07 Å². The minimum Gasteiger partial charge on any atom is -0.482 e. The van der Waals surface area contributed by atoms with Crippen molar-refractivity contribution in [1.82, 2.24) is 0 Å². The summed E-state index contributed by atoms with van der Waals surface area (Å²) in [7, 11) is 0. The van der Waals surface area contributed by atoms with E-state index in [1.54, 1.807) is 30.4 Å². The Hall–Kier alpha value is -3.15. The number of benzene rings is 2. The molecule has 0 aliphatic carbocycles. The van der Waals surface area contributed by atoms with Crippen LogP contribution in [-0.4, -0.2) is 18.5 Å². The second-order valence-electron chi connectivity index (χ2n) is 5.21. The molecule has 6 heteroatoms. The number of halogens is 1. The van der Waals surface area contributed by atoms with Gasteiger partial charge in [0.05, 0.1) is 5.69 Å². The highest BCUT2D eigenvalue weighted by Crippen LogP contribution is 2.29. The van der Waals surface area contributed by atoms with Crippen molar-refractivity contribution in [3.05, 3.63) is 53.3 Å². The zero-order valence-corrected chi connectivity index (χ0v) is 12.8. The number of rotatable bonds is 3. The quantitative estimate of drug-likeness (QED) is 0.534. The monoisotopic (exact) mass is 327 g/mol. The molecule has 0 radical (unpaired) electrons. The number of carbonyl (C=O) groups is 2. The summed E-state index contributed by atoms with van der Waals surface area (Å²) < 4.78 is 23.9. The number of amides is 1. The van der Waals surface area contributed by atoms with Crippen LogP contribution in [0.2, 0.25) is 0 Å². The molecule has 1 aliphatic rings.